The van der Waals surface area contributed by atoms with Gasteiger partial charge in [-0.25, -0.2) is 0 Å². The minimum atomic E-state index is -0.0683. The number of rotatable bonds is 0. The summed E-state index contributed by atoms with van der Waals surface area (Å²) in [6.07, 6.45) is 6.44. The highest BCUT2D eigenvalue weighted by Crippen LogP contribution is 2.33. The molecule has 2 aliphatic rings. The first kappa shape index (κ1) is 8.42. The molecule has 0 spiro atoms. The van der Waals surface area contributed by atoms with Crippen molar-refractivity contribution in [3.05, 3.63) is 23.8 Å². The Bertz CT molecular complexity index is 323. The van der Waals surface area contributed by atoms with Gasteiger partial charge in [-0.1, -0.05) is 11.6 Å². The molecule has 13 heavy (non-hydrogen) atoms. The molecule has 0 saturated heterocycles. The van der Waals surface area contributed by atoms with Crippen molar-refractivity contribution in [3.63, 3.8) is 0 Å². The van der Waals surface area contributed by atoms with Crippen LogP contribution in [0.2, 0.25) is 0 Å². The van der Waals surface area contributed by atoms with Gasteiger partial charge in [0.25, 0.3) is 0 Å². The third-order valence-corrected chi connectivity index (χ3v) is 2.89. The summed E-state index contributed by atoms with van der Waals surface area (Å²) >= 11 is 0. The molecule has 2 heteroatoms. The molecule has 2 rings (SSSR count). The van der Waals surface area contributed by atoms with Crippen LogP contribution >= 0.6 is 0 Å². The first-order valence-corrected chi connectivity index (χ1v) is 4.60. The van der Waals surface area contributed by atoms with Crippen LogP contribution in [-0.2, 0) is 9.59 Å². The highest BCUT2D eigenvalue weighted by molar-refractivity contribution is 6.07. The summed E-state index contributed by atoms with van der Waals surface area (Å²) in [5, 5.41) is 0. The molecule has 0 aromatic rings. The van der Waals surface area contributed by atoms with Crippen LogP contribution in [0.5, 0.6) is 0 Å². The van der Waals surface area contributed by atoms with Gasteiger partial charge in [-0.15, -0.1) is 0 Å². The number of allylic oxidation sites excluding steroid dienone is 4. The fraction of sp³-hybridized carbons (Fsp3) is 0.455. The summed E-state index contributed by atoms with van der Waals surface area (Å²) in [4.78, 5) is 22.9. The van der Waals surface area contributed by atoms with Crippen LogP contribution in [-0.4, -0.2) is 11.6 Å². The van der Waals surface area contributed by atoms with Crippen LogP contribution in [0.25, 0.3) is 0 Å². The smallest absolute Gasteiger partial charge is 0.159 e. The molecule has 0 radical (unpaired) electrons. The molecule has 0 heterocycles. The van der Waals surface area contributed by atoms with Crippen LogP contribution in [0.1, 0.15) is 19.8 Å². The molecule has 0 aliphatic heterocycles. The molecule has 0 unspecified atom stereocenters. The Morgan fingerprint density at radius 3 is 2.46 bits per heavy atom. The van der Waals surface area contributed by atoms with E-state index in [0.29, 0.717) is 0 Å². The molecule has 2 nitrogen and oxygen atoms in total. The minimum absolute atomic E-state index is 0.0671. The van der Waals surface area contributed by atoms with Crippen LogP contribution in [0, 0.1) is 11.8 Å². The summed E-state index contributed by atoms with van der Waals surface area (Å²) < 4.78 is 0. The van der Waals surface area contributed by atoms with E-state index in [2.05, 4.69) is 6.08 Å². The number of ketones is 2. The van der Waals surface area contributed by atoms with Crippen molar-refractivity contribution in [2.24, 2.45) is 11.8 Å². The molecular weight excluding hydrogens is 164 g/mol. The molecule has 68 valence electrons. The molecule has 0 N–H and O–H groups in total. The average molecular weight is 176 g/mol. The Morgan fingerprint density at radius 2 is 1.77 bits per heavy atom. The molecule has 2 aliphatic carbocycles. The maximum absolute atomic E-state index is 11.5. The van der Waals surface area contributed by atoms with Crippen LogP contribution < -0.4 is 0 Å². The van der Waals surface area contributed by atoms with Gasteiger partial charge in [0.2, 0.25) is 0 Å². The minimum Gasteiger partial charge on any atom is -0.295 e. The maximum atomic E-state index is 11.5. The first-order valence-electron chi connectivity index (χ1n) is 4.60. The van der Waals surface area contributed by atoms with Crippen molar-refractivity contribution >= 4 is 11.6 Å². The summed E-state index contributed by atoms with van der Waals surface area (Å²) in [6, 6.07) is 0. The van der Waals surface area contributed by atoms with E-state index in [0.717, 1.165) is 12.8 Å². The summed E-state index contributed by atoms with van der Waals surface area (Å²) in [5.41, 5.74) is 1.23. The van der Waals surface area contributed by atoms with E-state index in [4.69, 9.17) is 0 Å². The van der Waals surface area contributed by atoms with Gasteiger partial charge >= 0.3 is 0 Å². The van der Waals surface area contributed by atoms with E-state index >= 15 is 0 Å². The largest absolute Gasteiger partial charge is 0.295 e. The second kappa shape index (κ2) is 2.95. The second-order valence-corrected chi connectivity index (χ2v) is 3.84. The molecule has 0 amide bonds. The topological polar surface area (TPSA) is 34.1 Å². The van der Waals surface area contributed by atoms with E-state index < -0.39 is 0 Å². The van der Waals surface area contributed by atoms with Crippen LogP contribution in [0.15, 0.2) is 23.8 Å². The highest BCUT2D eigenvalue weighted by atomic mass is 16.1. The molecule has 0 saturated carbocycles. The Morgan fingerprint density at radius 1 is 1.15 bits per heavy atom. The molecular formula is C11H12O2. The quantitative estimate of drug-likeness (QED) is 0.526. The third kappa shape index (κ3) is 1.37. The fourth-order valence-electron chi connectivity index (χ4n) is 2.09. The Hall–Kier alpha value is -1.18. The predicted octanol–water partition coefficient (Wildman–Crippen LogP) is 1.67. The maximum Gasteiger partial charge on any atom is 0.159 e. The van der Waals surface area contributed by atoms with Gasteiger partial charge in [0.15, 0.2) is 11.6 Å². The lowest BCUT2D eigenvalue weighted by molar-refractivity contribution is -0.129. The standard InChI is InChI=1S/C11H12O2/c1-7-2-3-8-9(6-7)11(13)5-4-10(8)12/h2,4-5,8-9H,3,6H2,1H3/t8-,9-/m0/s1. The fourth-order valence-corrected chi connectivity index (χ4v) is 2.09. The van der Waals surface area contributed by atoms with Crippen molar-refractivity contribution in [2.45, 2.75) is 19.8 Å². The summed E-state index contributed by atoms with van der Waals surface area (Å²) in [5.74, 6) is 0.106. The number of carbonyl (C=O) groups is 2. The van der Waals surface area contributed by atoms with Crippen molar-refractivity contribution in [2.75, 3.05) is 0 Å². The number of fused-ring (bicyclic) bond motifs is 1. The van der Waals surface area contributed by atoms with E-state index in [1.165, 1.54) is 17.7 Å². The zero-order valence-electron chi connectivity index (χ0n) is 7.62. The van der Waals surface area contributed by atoms with Crippen molar-refractivity contribution in [3.8, 4) is 0 Å². The molecule has 0 aromatic heterocycles. The van der Waals surface area contributed by atoms with E-state index in [-0.39, 0.29) is 23.4 Å². The van der Waals surface area contributed by atoms with Gasteiger partial charge in [-0.2, -0.15) is 0 Å². The lowest BCUT2D eigenvalue weighted by atomic mass is 9.73. The van der Waals surface area contributed by atoms with Gasteiger partial charge < -0.3 is 0 Å². The summed E-state index contributed by atoms with van der Waals surface area (Å²) in [7, 11) is 0. The molecule has 0 bridgehead atoms. The second-order valence-electron chi connectivity index (χ2n) is 3.84. The van der Waals surface area contributed by atoms with E-state index in [9.17, 15) is 9.59 Å². The molecule has 2 atom stereocenters. The monoisotopic (exact) mass is 176 g/mol. The zero-order chi connectivity index (χ0) is 9.42. The zero-order valence-corrected chi connectivity index (χ0v) is 7.62. The highest BCUT2D eigenvalue weighted by Gasteiger charge is 2.35. The first-order chi connectivity index (χ1) is 6.18. The molecule has 0 fully saturated rings. The Kier molecular flexibility index (Phi) is 1.91. The van der Waals surface area contributed by atoms with Gasteiger partial charge in [-0.05, 0) is 31.9 Å². The predicted molar refractivity (Wildman–Crippen MR) is 49.1 cm³/mol. The lowest BCUT2D eigenvalue weighted by Crippen LogP contribution is -2.33. The number of hydrogen-bond acceptors (Lipinski definition) is 2. The lowest BCUT2D eigenvalue weighted by Gasteiger charge is -2.29. The van der Waals surface area contributed by atoms with Crippen molar-refractivity contribution < 1.29 is 9.59 Å². The van der Waals surface area contributed by atoms with Gasteiger partial charge in [-0.3, -0.25) is 9.59 Å². The number of carbonyl (C=O) groups excluding carboxylic acids is 2. The van der Waals surface area contributed by atoms with Crippen molar-refractivity contribution in [1.82, 2.24) is 0 Å². The van der Waals surface area contributed by atoms with Gasteiger partial charge in [0, 0.05) is 11.8 Å². The average Bonchev–Trinajstić information content (AvgIpc) is 2.12. The summed E-state index contributed by atoms with van der Waals surface area (Å²) in [6.45, 7) is 2.02. The van der Waals surface area contributed by atoms with Crippen LogP contribution in [0.3, 0.4) is 0 Å². The SMILES string of the molecule is CC1=CC[C@@H]2C(=O)C=CC(=O)[C@H]2C1. The normalized spacial score (nSPS) is 32.8. The van der Waals surface area contributed by atoms with Crippen LogP contribution in [0.4, 0.5) is 0 Å². The van der Waals surface area contributed by atoms with Gasteiger partial charge in [0.1, 0.15) is 0 Å². The van der Waals surface area contributed by atoms with Gasteiger partial charge in [0.05, 0.1) is 0 Å². The van der Waals surface area contributed by atoms with Crippen molar-refractivity contribution in [1.29, 1.82) is 0 Å². The van der Waals surface area contributed by atoms with E-state index in [1.54, 1.807) is 0 Å². The Labute approximate surface area is 77.3 Å². The molecule has 0 aromatic carbocycles. The number of hydrogen-bond donors (Lipinski definition) is 0. The third-order valence-electron chi connectivity index (χ3n) is 2.89. The van der Waals surface area contributed by atoms with E-state index in [1.807, 2.05) is 6.92 Å². The Balaban J connectivity index is 2.32.